The number of hydrogen-bond donors (Lipinski definition) is 2. The molecule has 0 aliphatic carbocycles. The van der Waals surface area contributed by atoms with Crippen LogP contribution in [0, 0.1) is 10.1 Å². The lowest BCUT2D eigenvalue weighted by Crippen LogP contribution is -2.32. The molecule has 1 aromatic heterocycles. The zero-order valence-corrected chi connectivity index (χ0v) is 12.7. The number of hydrogen-bond acceptors (Lipinski definition) is 5. The zero-order valence-electron chi connectivity index (χ0n) is 12.7. The highest BCUT2D eigenvalue weighted by molar-refractivity contribution is 5.76. The van der Waals surface area contributed by atoms with Crippen LogP contribution in [0.4, 0.5) is 5.69 Å². The van der Waals surface area contributed by atoms with Crippen LogP contribution in [-0.4, -0.2) is 31.7 Å². The molecule has 2 N–H and O–H groups in total. The molecule has 0 fully saturated rings. The minimum atomic E-state index is -0.951. The SMILES string of the molecule is O=C(O)CCC(NC(=O)Cn1cc([N+](=O)[O-])cn1)c1ccccc1. The number of aromatic nitrogens is 2. The van der Waals surface area contributed by atoms with E-state index in [1.165, 1.54) is 0 Å². The zero-order chi connectivity index (χ0) is 17.5. The molecule has 1 aromatic carbocycles. The van der Waals surface area contributed by atoms with Crippen LogP contribution in [0.1, 0.15) is 24.4 Å². The fourth-order valence-electron chi connectivity index (χ4n) is 2.20. The summed E-state index contributed by atoms with van der Waals surface area (Å²) >= 11 is 0. The van der Waals surface area contributed by atoms with E-state index in [-0.39, 0.29) is 25.1 Å². The second-order valence-electron chi connectivity index (χ2n) is 5.12. The molecular weight excluding hydrogens is 316 g/mol. The maximum atomic E-state index is 12.1. The van der Waals surface area contributed by atoms with Gasteiger partial charge in [-0.15, -0.1) is 0 Å². The Morgan fingerprint density at radius 2 is 2.04 bits per heavy atom. The number of rotatable bonds is 8. The lowest BCUT2D eigenvalue weighted by molar-refractivity contribution is -0.385. The Bertz CT molecular complexity index is 728. The standard InChI is InChI=1S/C15H16N4O5/c20-14(10-18-9-12(8-16-18)19(23)24)17-13(6-7-15(21)22)11-4-2-1-3-5-11/h1-5,8-9,13H,6-7,10H2,(H,17,20)(H,21,22). The second kappa shape index (κ2) is 7.86. The van der Waals surface area contributed by atoms with E-state index in [1.807, 2.05) is 6.07 Å². The van der Waals surface area contributed by atoms with Crippen LogP contribution in [0.5, 0.6) is 0 Å². The number of aliphatic carboxylic acids is 1. The van der Waals surface area contributed by atoms with Crippen molar-refractivity contribution in [3.63, 3.8) is 0 Å². The molecule has 2 aromatic rings. The Kier molecular flexibility index (Phi) is 5.61. The summed E-state index contributed by atoms with van der Waals surface area (Å²) in [6, 6.07) is 8.55. The normalized spacial score (nSPS) is 11.7. The van der Waals surface area contributed by atoms with E-state index < -0.39 is 22.8 Å². The fraction of sp³-hybridized carbons (Fsp3) is 0.267. The number of amides is 1. The quantitative estimate of drug-likeness (QED) is 0.557. The number of carbonyl (C=O) groups is 2. The van der Waals surface area contributed by atoms with E-state index in [2.05, 4.69) is 10.4 Å². The topological polar surface area (TPSA) is 127 Å². The minimum Gasteiger partial charge on any atom is -0.481 e. The number of nitro groups is 1. The summed E-state index contributed by atoms with van der Waals surface area (Å²) < 4.78 is 1.16. The maximum Gasteiger partial charge on any atom is 0.307 e. The van der Waals surface area contributed by atoms with E-state index in [0.29, 0.717) is 0 Å². The van der Waals surface area contributed by atoms with Crippen molar-refractivity contribution in [1.82, 2.24) is 15.1 Å². The molecule has 126 valence electrons. The van der Waals surface area contributed by atoms with E-state index in [1.54, 1.807) is 24.3 Å². The van der Waals surface area contributed by atoms with E-state index in [0.717, 1.165) is 22.6 Å². The predicted octanol–water partition coefficient (Wildman–Crippen LogP) is 1.51. The Balaban J connectivity index is 2.03. The van der Waals surface area contributed by atoms with Gasteiger partial charge in [-0.2, -0.15) is 5.10 Å². The number of carboxylic acid groups (broad SMARTS) is 1. The monoisotopic (exact) mass is 332 g/mol. The van der Waals surface area contributed by atoms with Gasteiger partial charge in [-0.3, -0.25) is 24.4 Å². The van der Waals surface area contributed by atoms with Gasteiger partial charge in [0.15, 0.2) is 0 Å². The molecule has 0 saturated carbocycles. The Hall–Kier alpha value is -3.23. The highest BCUT2D eigenvalue weighted by Crippen LogP contribution is 2.18. The van der Waals surface area contributed by atoms with Crippen LogP contribution >= 0.6 is 0 Å². The van der Waals surface area contributed by atoms with E-state index in [9.17, 15) is 19.7 Å². The molecule has 24 heavy (non-hydrogen) atoms. The van der Waals surface area contributed by atoms with Crippen LogP contribution in [0.15, 0.2) is 42.7 Å². The average molecular weight is 332 g/mol. The van der Waals surface area contributed by atoms with Crippen molar-refractivity contribution in [3.05, 3.63) is 58.4 Å². The van der Waals surface area contributed by atoms with Gasteiger partial charge in [0.1, 0.15) is 18.9 Å². The molecule has 0 bridgehead atoms. The molecule has 0 saturated heterocycles. The molecular formula is C15H16N4O5. The van der Waals surface area contributed by atoms with Crippen LogP contribution in [0.2, 0.25) is 0 Å². The van der Waals surface area contributed by atoms with Gasteiger partial charge in [0, 0.05) is 6.42 Å². The highest BCUT2D eigenvalue weighted by Gasteiger charge is 2.17. The first-order valence-electron chi connectivity index (χ1n) is 7.18. The molecule has 0 radical (unpaired) electrons. The molecule has 2 rings (SSSR count). The predicted molar refractivity (Wildman–Crippen MR) is 83.1 cm³/mol. The van der Waals surface area contributed by atoms with Crippen LogP contribution in [0.25, 0.3) is 0 Å². The highest BCUT2D eigenvalue weighted by atomic mass is 16.6. The first kappa shape index (κ1) is 17.1. The van der Waals surface area contributed by atoms with Crippen molar-refractivity contribution in [1.29, 1.82) is 0 Å². The third-order valence-electron chi connectivity index (χ3n) is 3.32. The first-order chi connectivity index (χ1) is 11.5. The van der Waals surface area contributed by atoms with Gasteiger partial charge in [0.25, 0.3) is 0 Å². The van der Waals surface area contributed by atoms with E-state index >= 15 is 0 Å². The van der Waals surface area contributed by atoms with Crippen molar-refractivity contribution in [2.45, 2.75) is 25.4 Å². The molecule has 1 heterocycles. The van der Waals surface area contributed by atoms with Crippen LogP contribution in [0.3, 0.4) is 0 Å². The fourth-order valence-corrected chi connectivity index (χ4v) is 2.20. The Labute approximate surface area is 137 Å². The lowest BCUT2D eigenvalue weighted by Gasteiger charge is -2.18. The Morgan fingerprint density at radius 1 is 1.33 bits per heavy atom. The molecule has 0 spiro atoms. The molecule has 1 unspecified atom stereocenters. The number of nitrogens with zero attached hydrogens (tertiary/aromatic N) is 3. The van der Waals surface area contributed by atoms with Crippen LogP contribution in [-0.2, 0) is 16.1 Å². The van der Waals surface area contributed by atoms with Gasteiger partial charge < -0.3 is 10.4 Å². The average Bonchev–Trinajstić information content (AvgIpc) is 3.00. The van der Waals surface area contributed by atoms with Gasteiger partial charge >= 0.3 is 11.7 Å². The summed E-state index contributed by atoms with van der Waals surface area (Å²) in [5, 5.41) is 25.9. The van der Waals surface area contributed by atoms with Gasteiger partial charge in [-0.05, 0) is 12.0 Å². The van der Waals surface area contributed by atoms with Gasteiger partial charge in [-0.1, -0.05) is 30.3 Å². The molecule has 1 atom stereocenters. The van der Waals surface area contributed by atoms with Crippen molar-refractivity contribution in [2.24, 2.45) is 0 Å². The number of nitrogens with one attached hydrogen (secondary N) is 1. The number of carboxylic acids is 1. The van der Waals surface area contributed by atoms with Crippen LogP contribution < -0.4 is 5.32 Å². The van der Waals surface area contributed by atoms with Crippen molar-refractivity contribution < 1.29 is 19.6 Å². The second-order valence-corrected chi connectivity index (χ2v) is 5.12. The van der Waals surface area contributed by atoms with Gasteiger partial charge in [-0.25, -0.2) is 0 Å². The molecule has 0 aliphatic heterocycles. The van der Waals surface area contributed by atoms with Gasteiger partial charge in [0.2, 0.25) is 5.91 Å². The minimum absolute atomic E-state index is 0.0902. The first-order valence-corrected chi connectivity index (χ1v) is 7.18. The summed E-state index contributed by atoms with van der Waals surface area (Å²) in [4.78, 5) is 32.9. The van der Waals surface area contributed by atoms with Crippen molar-refractivity contribution >= 4 is 17.6 Å². The van der Waals surface area contributed by atoms with Crippen molar-refractivity contribution in [3.8, 4) is 0 Å². The summed E-state index contributed by atoms with van der Waals surface area (Å²) in [7, 11) is 0. The molecule has 1 amide bonds. The molecule has 9 heteroatoms. The third kappa shape index (κ3) is 4.90. The summed E-state index contributed by atoms with van der Waals surface area (Å²) in [5.41, 5.74) is 0.590. The largest absolute Gasteiger partial charge is 0.481 e. The molecule has 9 nitrogen and oxygen atoms in total. The van der Waals surface area contributed by atoms with Crippen molar-refractivity contribution in [2.75, 3.05) is 0 Å². The van der Waals surface area contributed by atoms with Gasteiger partial charge in [0.05, 0.1) is 11.0 Å². The Morgan fingerprint density at radius 3 is 2.62 bits per heavy atom. The summed E-state index contributed by atoms with van der Waals surface area (Å²) in [6.07, 6.45) is 2.37. The third-order valence-corrected chi connectivity index (χ3v) is 3.32. The smallest absolute Gasteiger partial charge is 0.307 e. The summed E-state index contributed by atoms with van der Waals surface area (Å²) in [5.74, 6) is -1.36. The lowest BCUT2D eigenvalue weighted by atomic mass is 10.0. The number of benzene rings is 1. The van der Waals surface area contributed by atoms with E-state index in [4.69, 9.17) is 5.11 Å². The molecule has 0 aliphatic rings. The number of carbonyl (C=O) groups excluding carboxylic acids is 1. The maximum absolute atomic E-state index is 12.1. The summed E-state index contributed by atoms with van der Waals surface area (Å²) in [6.45, 7) is -0.190.